The van der Waals surface area contributed by atoms with E-state index >= 15 is 0 Å². The summed E-state index contributed by atoms with van der Waals surface area (Å²) in [5, 5.41) is 2.87. The highest BCUT2D eigenvalue weighted by atomic mass is 32.1. The van der Waals surface area contributed by atoms with Gasteiger partial charge >= 0.3 is 0 Å². The number of nitrogens with one attached hydrogen (secondary N) is 1. The number of benzene rings is 2. The normalized spacial score (nSPS) is 10.6. The van der Waals surface area contributed by atoms with Crippen LogP contribution >= 0.6 is 11.7 Å². The summed E-state index contributed by atoms with van der Waals surface area (Å²) in [5.41, 5.74) is 4.05. The lowest BCUT2D eigenvalue weighted by molar-refractivity contribution is 0.102. The largest absolute Gasteiger partial charge is 0.322 e. The Morgan fingerprint density at radius 2 is 1.95 bits per heavy atom. The standard InChI is InChI=1S/C14H11N3OS/c1-9-3-2-4-11(7-9)15-14(18)10-5-6-12-13(8-10)17-19-16-12/h2-8H,1H3,(H,15,18). The minimum atomic E-state index is -0.138. The first-order valence-corrected chi connectivity index (χ1v) is 6.56. The summed E-state index contributed by atoms with van der Waals surface area (Å²) in [6, 6.07) is 13.0. The second-order valence-corrected chi connectivity index (χ2v) is 4.82. The number of amides is 1. The van der Waals surface area contributed by atoms with Crippen molar-refractivity contribution in [2.24, 2.45) is 0 Å². The van der Waals surface area contributed by atoms with Gasteiger partial charge in [-0.05, 0) is 42.8 Å². The molecule has 0 fully saturated rings. The number of aryl methyl sites for hydroxylation is 1. The molecule has 2 aromatic carbocycles. The van der Waals surface area contributed by atoms with Crippen LogP contribution < -0.4 is 5.32 Å². The van der Waals surface area contributed by atoms with E-state index in [-0.39, 0.29) is 5.91 Å². The fraction of sp³-hybridized carbons (Fsp3) is 0.0714. The van der Waals surface area contributed by atoms with Crippen LogP contribution in [-0.2, 0) is 0 Å². The highest BCUT2D eigenvalue weighted by Crippen LogP contribution is 2.16. The van der Waals surface area contributed by atoms with Gasteiger partial charge in [-0.1, -0.05) is 12.1 Å². The van der Waals surface area contributed by atoms with E-state index in [1.54, 1.807) is 12.1 Å². The van der Waals surface area contributed by atoms with E-state index in [0.29, 0.717) is 5.56 Å². The van der Waals surface area contributed by atoms with Gasteiger partial charge in [-0.2, -0.15) is 8.75 Å². The Bertz CT molecular complexity index is 751. The second kappa shape index (κ2) is 4.78. The average molecular weight is 269 g/mol. The molecule has 0 aliphatic heterocycles. The highest BCUT2D eigenvalue weighted by Gasteiger charge is 2.08. The van der Waals surface area contributed by atoms with E-state index in [4.69, 9.17) is 0 Å². The zero-order chi connectivity index (χ0) is 13.2. The number of hydrogen-bond acceptors (Lipinski definition) is 4. The molecule has 0 spiro atoms. The monoisotopic (exact) mass is 269 g/mol. The average Bonchev–Trinajstić information content (AvgIpc) is 2.85. The molecule has 4 nitrogen and oxygen atoms in total. The number of rotatable bonds is 2. The zero-order valence-corrected chi connectivity index (χ0v) is 11.1. The van der Waals surface area contributed by atoms with E-state index < -0.39 is 0 Å². The van der Waals surface area contributed by atoms with Crippen LogP contribution in [0.3, 0.4) is 0 Å². The molecular formula is C14H11N3OS. The predicted molar refractivity (Wildman–Crippen MR) is 76.5 cm³/mol. The molecule has 94 valence electrons. The van der Waals surface area contributed by atoms with Gasteiger partial charge in [-0.25, -0.2) is 0 Å². The van der Waals surface area contributed by atoms with Gasteiger partial charge < -0.3 is 5.32 Å². The molecule has 0 aliphatic rings. The molecule has 19 heavy (non-hydrogen) atoms. The van der Waals surface area contributed by atoms with E-state index in [2.05, 4.69) is 14.1 Å². The zero-order valence-electron chi connectivity index (χ0n) is 10.3. The van der Waals surface area contributed by atoms with Crippen molar-refractivity contribution in [2.75, 3.05) is 5.32 Å². The minimum Gasteiger partial charge on any atom is -0.322 e. The number of carbonyl (C=O) groups excluding carboxylic acids is 1. The third-order valence-corrected chi connectivity index (χ3v) is 3.35. The molecule has 0 bridgehead atoms. The van der Waals surface area contributed by atoms with Crippen LogP contribution in [0.15, 0.2) is 42.5 Å². The fourth-order valence-electron chi connectivity index (χ4n) is 1.85. The summed E-state index contributed by atoms with van der Waals surface area (Å²) in [6.07, 6.45) is 0. The Morgan fingerprint density at radius 3 is 2.79 bits per heavy atom. The molecule has 3 rings (SSSR count). The van der Waals surface area contributed by atoms with E-state index in [9.17, 15) is 4.79 Å². The first kappa shape index (κ1) is 11.8. The van der Waals surface area contributed by atoms with Gasteiger partial charge in [0.25, 0.3) is 5.91 Å². The van der Waals surface area contributed by atoms with Crippen molar-refractivity contribution < 1.29 is 4.79 Å². The fourth-order valence-corrected chi connectivity index (χ4v) is 2.37. The van der Waals surface area contributed by atoms with Gasteiger partial charge in [0.05, 0.1) is 11.7 Å². The van der Waals surface area contributed by atoms with Crippen LogP contribution in [0.25, 0.3) is 11.0 Å². The van der Waals surface area contributed by atoms with Crippen LogP contribution in [0.5, 0.6) is 0 Å². The molecule has 0 atom stereocenters. The Morgan fingerprint density at radius 1 is 1.11 bits per heavy atom. The summed E-state index contributed by atoms with van der Waals surface area (Å²) in [5.74, 6) is -0.138. The Kier molecular flexibility index (Phi) is 2.97. The highest BCUT2D eigenvalue weighted by molar-refractivity contribution is 7.00. The third kappa shape index (κ3) is 2.46. The molecule has 1 amide bonds. The Labute approximate surface area is 114 Å². The van der Waals surface area contributed by atoms with Gasteiger partial charge in [0.15, 0.2) is 0 Å². The molecule has 3 aromatic rings. The Hall–Kier alpha value is -2.27. The minimum absolute atomic E-state index is 0.138. The lowest BCUT2D eigenvalue weighted by atomic mass is 10.1. The Balaban J connectivity index is 1.87. The SMILES string of the molecule is Cc1cccc(NC(=O)c2ccc3nsnc3c2)c1. The van der Waals surface area contributed by atoms with Gasteiger partial charge in [0.2, 0.25) is 0 Å². The van der Waals surface area contributed by atoms with Gasteiger partial charge in [-0.15, -0.1) is 0 Å². The molecule has 0 radical (unpaired) electrons. The maximum Gasteiger partial charge on any atom is 0.255 e. The van der Waals surface area contributed by atoms with Crippen molar-refractivity contribution in [1.29, 1.82) is 0 Å². The number of anilines is 1. The van der Waals surface area contributed by atoms with Gasteiger partial charge in [0, 0.05) is 11.3 Å². The van der Waals surface area contributed by atoms with Crippen LogP contribution in [0.4, 0.5) is 5.69 Å². The summed E-state index contributed by atoms with van der Waals surface area (Å²) in [4.78, 5) is 12.1. The van der Waals surface area contributed by atoms with E-state index in [1.165, 1.54) is 0 Å². The lowest BCUT2D eigenvalue weighted by Crippen LogP contribution is -2.11. The van der Waals surface area contributed by atoms with Crippen LogP contribution in [0.1, 0.15) is 15.9 Å². The van der Waals surface area contributed by atoms with E-state index in [1.807, 2.05) is 37.3 Å². The van der Waals surface area contributed by atoms with Crippen molar-refractivity contribution >= 4 is 34.4 Å². The number of nitrogens with zero attached hydrogens (tertiary/aromatic N) is 2. The summed E-state index contributed by atoms with van der Waals surface area (Å²) in [7, 11) is 0. The summed E-state index contributed by atoms with van der Waals surface area (Å²) >= 11 is 1.15. The maximum atomic E-state index is 12.1. The quantitative estimate of drug-likeness (QED) is 0.777. The molecule has 1 heterocycles. The number of fused-ring (bicyclic) bond motifs is 1. The molecule has 1 aromatic heterocycles. The molecule has 0 saturated carbocycles. The third-order valence-electron chi connectivity index (χ3n) is 2.79. The topological polar surface area (TPSA) is 54.9 Å². The second-order valence-electron chi connectivity index (χ2n) is 4.29. The number of aromatic nitrogens is 2. The van der Waals surface area contributed by atoms with Crippen LogP contribution in [-0.4, -0.2) is 14.7 Å². The molecule has 5 heteroatoms. The van der Waals surface area contributed by atoms with Crippen molar-refractivity contribution in [1.82, 2.24) is 8.75 Å². The molecule has 0 unspecified atom stereocenters. The van der Waals surface area contributed by atoms with Crippen LogP contribution in [0.2, 0.25) is 0 Å². The van der Waals surface area contributed by atoms with Crippen LogP contribution in [0, 0.1) is 6.92 Å². The van der Waals surface area contributed by atoms with Crippen molar-refractivity contribution in [3.63, 3.8) is 0 Å². The first-order chi connectivity index (χ1) is 9.22. The van der Waals surface area contributed by atoms with Gasteiger partial charge in [0.1, 0.15) is 11.0 Å². The van der Waals surface area contributed by atoms with Crippen molar-refractivity contribution in [2.45, 2.75) is 6.92 Å². The van der Waals surface area contributed by atoms with E-state index in [0.717, 1.165) is 34.0 Å². The molecule has 0 saturated heterocycles. The summed E-state index contributed by atoms with van der Waals surface area (Å²) < 4.78 is 8.25. The maximum absolute atomic E-state index is 12.1. The van der Waals surface area contributed by atoms with Crippen molar-refractivity contribution in [3.8, 4) is 0 Å². The molecular weight excluding hydrogens is 258 g/mol. The lowest BCUT2D eigenvalue weighted by Gasteiger charge is -2.05. The molecule has 0 aliphatic carbocycles. The number of carbonyl (C=O) groups is 1. The van der Waals surface area contributed by atoms with Gasteiger partial charge in [-0.3, -0.25) is 4.79 Å². The predicted octanol–water partition coefficient (Wildman–Crippen LogP) is 3.25. The van der Waals surface area contributed by atoms with Crippen molar-refractivity contribution in [3.05, 3.63) is 53.6 Å². The first-order valence-electron chi connectivity index (χ1n) is 5.83. The molecule has 1 N–H and O–H groups in total. The number of hydrogen-bond donors (Lipinski definition) is 1. The summed E-state index contributed by atoms with van der Waals surface area (Å²) in [6.45, 7) is 1.99. The smallest absolute Gasteiger partial charge is 0.255 e.